The predicted octanol–water partition coefficient (Wildman–Crippen LogP) is 0.866. The smallest absolute Gasteiger partial charge is 0.118 e. The minimum absolute atomic E-state index is 0.269. The Morgan fingerprint density at radius 2 is 2.17 bits per heavy atom. The first-order valence-electron chi connectivity index (χ1n) is 3.79. The van der Waals surface area contributed by atoms with Crippen molar-refractivity contribution in [1.29, 1.82) is 0 Å². The van der Waals surface area contributed by atoms with E-state index in [1.165, 1.54) is 0 Å². The van der Waals surface area contributed by atoms with E-state index in [0.29, 0.717) is 6.42 Å². The van der Waals surface area contributed by atoms with E-state index in [9.17, 15) is 5.11 Å². The summed E-state index contributed by atoms with van der Waals surface area (Å²) in [6.45, 7) is 0. The van der Waals surface area contributed by atoms with Crippen molar-refractivity contribution < 1.29 is 9.84 Å². The van der Waals surface area contributed by atoms with Crippen LogP contribution in [0.3, 0.4) is 0 Å². The van der Waals surface area contributed by atoms with Crippen molar-refractivity contribution in [3.8, 4) is 5.75 Å². The van der Waals surface area contributed by atoms with Crippen LogP contribution in [0.4, 0.5) is 0 Å². The molecule has 1 aromatic carbocycles. The van der Waals surface area contributed by atoms with Crippen LogP contribution in [0, 0.1) is 0 Å². The summed E-state index contributed by atoms with van der Waals surface area (Å²) in [6, 6.07) is 7.10. The molecule has 0 saturated heterocycles. The molecule has 0 heterocycles. The van der Waals surface area contributed by atoms with Crippen LogP contribution in [0.5, 0.6) is 5.75 Å². The number of nitrogens with two attached hydrogens (primary N) is 1. The standard InChI is InChI=1S/C9H13NO2/c1-12-9(10)6-7-4-2-3-5-8(7)11/h2-5,9,11H,6,10H2,1H3. The number of ether oxygens (including phenoxy) is 1. The third kappa shape index (κ3) is 2.22. The number of phenols is 1. The Labute approximate surface area is 71.8 Å². The minimum atomic E-state index is -0.349. The lowest BCUT2D eigenvalue weighted by Gasteiger charge is -2.09. The van der Waals surface area contributed by atoms with E-state index in [1.807, 2.05) is 12.1 Å². The normalized spacial score (nSPS) is 12.8. The molecule has 1 atom stereocenters. The average Bonchev–Trinajstić information content (AvgIpc) is 2.09. The molecule has 3 nitrogen and oxygen atoms in total. The number of hydrogen-bond donors (Lipinski definition) is 2. The van der Waals surface area contributed by atoms with E-state index in [-0.39, 0.29) is 12.0 Å². The molecule has 66 valence electrons. The second-order valence-electron chi connectivity index (χ2n) is 2.61. The fraction of sp³-hybridized carbons (Fsp3) is 0.333. The SMILES string of the molecule is COC(N)Cc1ccccc1O. The van der Waals surface area contributed by atoms with Gasteiger partial charge < -0.3 is 15.6 Å². The number of aromatic hydroxyl groups is 1. The van der Waals surface area contributed by atoms with Crippen LogP contribution < -0.4 is 5.73 Å². The summed E-state index contributed by atoms with van der Waals surface area (Å²) in [5, 5.41) is 9.34. The highest BCUT2D eigenvalue weighted by molar-refractivity contribution is 5.32. The van der Waals surface area contributed by atoms with Crippen molar-refractivity contribution in [3.63, 3.8) is 0 Å². The molecule has 0 spiro atoms. The second kappa shape index (κ2) is 4.09. The van der Waals surface area contributed by atoms with Gasteiger partial charge in [0.05, 0.1) is 0 Å². The average molecular weight is 167 g/mol. The van der Waals surface area contributed by atoms with Crippen molar-refractivity contribution in [1.82, 2.24) is 0 Å². The Morgan fingerprint density at radius 3 is 2.75 bits per heavy atom. The van der Waals surface area contributed by atoms with Crippen molar-refractivity contribution in [2.24, 2.45) is 5.73 Å². The maximum absolute atomic E-state index is 9.34. The number of benzene rings is 1. The quantitative estimate of drug-likeness (QED) is 0.657. The lowest BCUT2D eigenvalue weighted by molar-refractivity contribution is 0.108. The van der Waals surface area contributed by atoms with E-state index in [1.54, 1.807) is 19.2 Å². The Kier molecular flexibility index (Phi) is 3.08. The van der Waals surface area contributed by atoms with Gasteiger partial charge in [0.25, 0.3) is 0 Å². The molecule has 0 bridgehead atoms. The first-order chi connectivity index (χ1) is 5.74. The molecule has 3 N–H and O–H groups in total. The van der Waals surface area contributed by atoms with Crippen LogP contribution in [0.1, 0.15) is 5.56 Å². The zero-order valence-corrected chi connectivity index (χ0v) is 7.03. The van der Waals surface area contributed by atoms with Crippen LogP contribution in [0.25, 0.3) is 0 Å². The Morgan fingerprint density at radius 1 is 1.50 bits per heavy atom. The van der Waals surface area contributed by atoms with Crippen molar-refractivity contribution >= 4 is 0 Å². The lowest BCUT2D eigenvalue weighted by Crippen LogP contribution is -2.24. The highest BCUT2D eigenvalue weighted by Crippen LogP contribution is 2.16. The third-order valence-electron chi connectivity index (χ3n) is 1.72. The Bertz CT molecular complexity index is 250. The zero-order chi connectivity index (χ0) is 8.97. The maximum Gasteiger partial charge on any atom is 0.118 e. The maximum atomic E-state index is 9.34. The first kappa shape index (κ1) is 9.03. The molecule has 0 aliphatic carbocycles. The molecule has 0 aliphatic heterocycles. The van der Waals surface area contributed by atoms with Gasteiger partial charge in [-0.25, -0.2) is 0 Å². The Hall–Kier alpha value is -1.06. The molecule has 1 unspecified atom stereocenters. The number of phenolic OH excluding ortho intramolecular Hbond substituents is 1. The number of rotatable bonds is 3. The summed E-state index contributed by atoms with van der Waals surface area (Å²) >= 11 is 0. The van der Waals surface area contributed by atoms with Gasteiger partial charge in [0, 0.05) is 13.5 Å². The first-order valence-corrected chi connectivity index (χ1v) is 3.79. The van der Waals surface area contributed by atoms with Gasteiger partial charge in [0.2, 0.25) is 0 Å². The van der Waals surface area contributed by atoms with Crippen LogP contribution in [-0.2, 0) is 11.2 Å². The molecule has 0 aromatic heterocycles. The molecule has 0 aliphatic rings. The molecule has 0 amide bonds. The number of para-hydroxylation sites is 1. The largest absolute Gasteiger partial charge is 0.508 e. The summed E-state index contributed by atoms with van der Waals surface area (Å²) in [5.41, 5.74) is 6.35. The topological polar surface area (TPSA) is 55.5 Å². The molecule has 1 rings (SSSR count). The van der Waals surface area contributed by atoms with E-state index in [2.05, 4.69) is 0 Å². The molecular formula is C9H13NO2. The van der Waals surface area contributed by atoms with Gasteiger partial charge in [-0.2, -0.15) is 0 Å². The van der Waals surface area contributed by atoms with E-state index in [0.717, 1.165) is 5.56 Å². The molecule has 0 saturated carbocycles. The number of hydrogen-bond acceptors (Lipinski definition) is 3. The number of methoxy groups -OCH3 is 1. The second-order valence-corrected chi connectivity index (χ2v) is 2.61. The zero-order valence-electron chi connectivity index (χ0n) is 7.03. The molecule has 0 fully saturated rings. The highest BCUT2D eigenvalue weighted by Gasteiger charge is 2.04. The monoisotopic (exact) mass is 167 g/mol. The van der Waals surface area contributed by atoms with Crippen LogP contribution in [0.15, 0.2) is 24.3 Å². The van der Waals surface area contributed by atoms with Gasteiger partial charge in [0.1, 0.15) is 12.0 Å². The van der Waals surface area contributed by atoms with Crippen LogP contribution >= 0.6 is 0 Å². The van der Waals surface area contributed by atoms with Gasteiger partial charge in [-0.3, -0.25) is 0 Å². The van der Waals surface area contributed by atoms with Gasteiger partial charge in [0.15, 0.2) is 0 Å². The van der Waals surface area contributed by atoms with Crippen molar-refractivity contribution in [3.05, 3.63) is 29.8 Å². The third-order valence-corrected chi connectivity index (χ3v) is 1.72. The van der Waals surface area contributed by atoms with Gasteiger partial charge in [-0.05, 0) is 11.6 Å². The summed E-state index contributed by atoms with van der Waals surface area (Å²) in [6.07, 6.45) is 0.182. The summed E-state index contributed by atoms with van der Waals surface area (Å²) < 4.78 is 4.88. The fourth-order valence-electron chi connectivity index (χ4n) is 0.984. The lowest BCUT2D eigenvalue weighted by atomic mass is 10.1. The van der Waals surface area contributed by atoms with Crippen molar-refractivity contribution in [2.75, 3.05) is 7.11 Å². The molecular weight excluding hydrogens is 154 g/mol. The molecule has 12 heavy (non-hydrogen) atoms. The Balaban J connectivity index is 2.69. The van der Waals surface area contributed by atoms with Crippen LogP contribution in [0.2, 0.25) is 0 Å². The van der Waals surface area contributed by atoms with Crippen molar-refractivity contribution in [2.45, 2.75) is 12.6 Å². The molecule has 1 aromatic rings. The molecule has 0 radical (unpaired) electrons. The minimum Gasteiger partial charge on any atom is -0.508 e. The fourth-order valence-corrected chi connectivity index (χ4v) is 0.984. The highest BCUT2D eigenvalue weighted by atomic mass is 16.5. The van der Waals surface area contributed by atoms with Crippen LogP contribution in [-0.4, -0.2) is 18.4 Å². The summed E-state index contributed by atoms with van der Waals surface area (Å²) in [7, 11) is 1.55. The summed E-state index contributed by atoms with van der Waals surface area (Å²) in [4.78, 5) is 0. The van der Waals surface area contributed by atoms with Gasteiger partial charge >= 0.3 is 0 Å². The van der Waals surface area contributed by atoms with E-state index >= 15 is 0 Å². The van der Waals surface area contributed by atoms with Gasteiger partial charge in [-0.1, -0.05) is 18.2 Å². The van der Waals surface area contributed by atoms with E-state index in [4.69, 9.17) is 10.5 Å². The van der Waals surface area contributed by atoms with E-state index < -0.39 is 0 Å². The predicted molar refractivity (Wildman–Crippen MR) is 46.8 cm³/mol. The van der Waals surface area contributed by atoms with Gasteiger partial charge in [-0.15, -0.1) is 0 Å². The summed E-state index contributed by atoms with van der Waals surface area (Å²) in [5.74, 6) is 0.269. The molecule has 3 heteroatoms.